The van der Waals surface area contributed by atoms with Gasteiger partial charge in [-0.3, -0.25) is 10.4 Å². The Morgan fingerprint density at radius 1 is 1.13 bits per heavy atom. The number of hydrogen-bond donors (Lipinski definition) is 4. The standard InChI is InChI=1S/C29H39N7O2/c1-19-22(7-4-11-33-19)23-16-20-6-5-12-36(27(20)17-26(23)31-2)28(30)24-18-35(29(37)32-3)13-8-25(24)34-21-9-14-38-15-10-21/h4,7,11,16-17,21,30-31,34H,5-6,8-10,12-15,18H2,1-3H3,(H,32,37). The molecule has 0 atom stereocenters. The van der Waals surface area contributed by atoms with Crippen LogP contribution in [0, 0.1) is 12.3 Å². The largest absolute Gasteiger partial charge is 0.388 e. The van der Waals surface area contributed by atoms with Gasteiger partial charge in [0.25, 0.3) is 0 Å². The second-order valence-electron chi connectivity index (χ2n) is 10.2. The van der Waals surface area contributed by atoms with Crippen molar-refractivity contribution in [3.8, 4) is 11.1 Å². The Bertz CT molecular complexity index is 1240. The average molecular weight is 518 g/mol. The molecule has 3 aliphatic rings. The van der Waals surface area contributed by atoms with Crippen LogP contribution >= 0.6 is 0 Å². The number of aromatic nitrogens is 1. The lowest BCUT2D eigenvalue weighted by atomic mass is 9.93. The number of carbonyl (C=O) groups is 1. The predicted octanol–water partition coefficient (Wildman–Crippen LogP) is 3.90. The van der Waals surface area contributed by atoms with Crippen molar-refractivity contribution in [3.63, 3.8) is 0 Å². The SMILES string of the molecule is CNC(=O)N1CCC(NC2CCOCC2)=C(C(=N)N2CCCc3cc(-c4cccnc4C)c(NC)cc32)C1. The molecule has 9 nitrogen and oxygen atoms in total. The first-order valence-corrected chi connectivity index (χ1v) is 13.7. The second kappa shape index (κ2) is 11.4. The molecule has 1 aromatic carbocycles. The number of benzene rings is 1. The molecule has 1 saturated heterocycles. The molecule has 202 valence electrons. The van der Waals surface area contributed by atoms with Crippen LogP contribution in [0.25, 0.3) is 11.1 Å². The highest BCUT2D eigenvalue weighted by Gasteiger charge is 2.31. The summed E-state index contributed by atoms with van der Waals surface area (Å²) in [5.74, 6) is 0.474. The number of nitrogens with one attached hydrogen (secondary N) is 4. The zero-order valence-electron chi connectivity index (χ0n) is 22.7. The summed E-state index contributed by atoms with van der Waals surface area (Å²) in [6.07, 6.45) is 6.38. The molecule has 4 heterocycles. The van der Waals surface area contributed by atoms with Gasteiger partial charge in [0.2, 0.25) is 0 Å². The molecule has 1 fully saturated rings. The molecule has 5 rings (SSSR count). The second-order valence-corrected chi connectivity index (χ2v) is 10.2. The highest BCUT2D eigenvalue weighted by molar-refractivity contribution is 6.10. The van der Waals surface area contributed by atoms with E-state index in [-0.39, 0.29) is 6.03 Å². The third-order valence-corrected chi connectivity index (χ3v) is 7.91. The van der Waals surface area contributed by atoms with E-state index < -0.39 is 0 Å². The van der Waals surface area contributed by atoms with Gasteiger partial charge in [-0.25, -0.2) is 4.79 Å². The van der Waals surface area contributed by atoms with E-state index in [0.29, 0.717) is 31.4 Å². The number of hydrogen-bond acceptors (Lipinski definition) is 6. The van der Waals surface area contributed by atoms with Crippen LogP contribution in [0.5, 0.6) is 0 Å². The van der Waals surface area contributed by atoms with Crippen molar-refractivity contribution in [3.05, 3.63) is 53.0 Å². The first-order chi connectivity index (χ1) is 18.5. The Balaban J connectivity index is 1.51. The fourth-order valence-electron chi connectivity index (χ4n) is 5.79. The number of anilines is 2. The number of nitrogens with zero attached hydrogens (tertiary/aromatic N) is 3. The molecule has 0 unspecified atom stereocenters. The van der Waals surface area contributed by atoms with Crippen LogP contribution in [0.2, 0.25) is 0 Å². The van der Waals surface area contributed by atoms with Gasteiger partial charge in [0, 0.05) is 98.5 Å². The van der Waals surface area contributed by atoms with Gasteiger partial charge in [-0.1, -0.05) is 6.07 Å². The maximum atomic E-state index is 12.5. The Morgan fingerprint density at radius 2 is 1.95 bits per heavy atom. The molecule has 2 aromatic rings. The number of amidine groups is 1. The molecule has 0 bridgehead atoms. The molecule has 2 amide bonds. The first-order valence-electron chi connectivity index (χ1n) is 13.7. The van der Waals surface area contributed by atoms with Crippen LogP contribution in [-0.4, -0.2) is 74.7 Å². The number of carbonyl (C=O) groups excluding carboxylic acids is 1. The van der Waals surface area contributed by atoms with E-state index in [1.165, 1.54) is 5.56 Å². The number of ether oxygens (including phenoxy) is 1. The van der Waals surface area contributed by atoms with Gasteiger partial charge >= 0.3 is 6.03 Å². The summed E-state index contributed by atoms with van der Waals surface area (Å²) in [6.45, 7) is 5.38. The predicted molar refractivity (Wildman–Crippen MR) is 152 cm³/mol. The maximum absolute atomic E-state index is 12.5. The molecule has 0 spiro atoms. The van der Waals surface area contributed by atoms with E-state index >= 15 is 0 Å². The van der Waals surface area contributed by atoms with Crippen LogP contribution in [-0.2, 0) is 11.2 Å². The molecule has 9 heteroatoms. The molecule has 0 saturated carbocycles. The molecule has 4 N–H and O–H groups in total. The van der Waals surface area contributed by atoms with Crippen LogP contribution < -0.4 is 20.9 Å². The van der Waals surface area contributed by atoms with Gasteiger partial charge in [-0.15, -0.1) is 0 Å². The number of urea groups is 1. The third-order valence-electron chi connectivity index (χ3n) is 7.91. The quantitative estimate of drug-likeness (QED) is 0.354. The third kappa shape index (κ3) is 5.20. The summed E-state index contributed by atoms with van der Waals surface area (Å²) in [4.78, 5) is 21.0. The summed E-state index contributed by atoms with van der Waals surface area (Å²) in [5.41, 5.74) is 8.55. The zero-order valence-corrected chi connectivity index (χ0v) is 22.7. The Kier molecular flexibility index (Phi) is 7.83. The van der Waals surface area contributed by atoms with E-state index in [1.54, 1.807) is 11.9 Å². The van der Waals surface area contributed by atoms with Crippen molar-refractivity contribution in [1.29, 1.82) is 5.41 Å². The van der Waals surface area contributed by atoms with Crippen molar-refractivity contribution in [2.75, 3.05) is 57.2 Å². The summed E-state index contributed by atoms with van der Waals surface area (Å²) < 4.78 is 5.55. The number of pyridine rings is 1. The molecule has 0 radical (unpaired) electrons. The highest BCUT2D eigenvalue weighted by Crippen LogP contribution is 2.39. The van der Waals surface area contributed by atoms with Crippen molar-refractivity contribution >= 4 is 23.2 Å². The fourth-order valence-corrected chi connectivity index (χ4v) is 5.79. The smallest absolute Gasteiger partial charge is 0.317 e. The van der Waals surface area contributed by atoms with Crippen molar-refractivity contribution in [2.45, 2.75) is 45.1 Å². The minimum Gasteiger partial charge on any atom is -0.388 e. The topological polar surface area (TPSA) is 106 Å². The van der Waals surface area contributed by atoms with Crippen molar-refractivity contribution in [2.24, 2.45) is 0 Å². The average Bonchev–Trinajstić information content (AvgIpc) is 2.96. The molecular formula is C29H39N7O2. The lowest BCUT2D eigenvalue weighted by molar-refractivity contribution is 0.0798. The number of amides is 2. The van der Waals surface area contributed by atoms with Crippen LogP contribution in [0.15, 0.2) is 41.7 Å². The van der Waals surface area contributed by atoms with Crippen LogP contribution in [0.3, 0.4) is 0 Å². The van der Waals surface area contributed by atoms with Gasteiger partial charge in [-0.05, 0) is 56.4 Å². The van der Waals surface area contributed by atoms with Gasteiger partial charge in [0.05, 0.1) is 6.54 Å². The summed E-state index contributed by atoms with van der Waals surface area (Å²) in [5, 5.41) is 19.3. The van der Waals surface area contributed by atoms with Crippen molar-refractivity contribution < 1.29 is 9.53 Å². The lowest BCUT2D eigenvalue weighted by Crippen LogP contribution is -2.48. The first kappa shape index (κ1) is 26.0. The lowest BCUT2D eigenvalue weighted by Gasteiger charge is -2.38. The van der Waals surface area contributed by atoms with E-state index in [9.17, 15) is 10.2 Å². The fraction of sp³-hybridized carbons (Fsp3) is 0.483. The summed E-state index contributed by atoms with van der Waals surface area (Å²) in [6, 6.07) is 8.76. The number of rotatable bonds is 5. The summed E-state index contributed by atoms with van der Waals surface area (Å²) >= 11 is 0. The van der Waals surface area contributed by atoms with Crippen LogP contribution in [0.1, 0.15) is 36.9 Å². The van der Waals surface area contributed by atoms with Gasteiger partial charge in [0.1, 0.15) is 5.84 Å². The molecular weight excluding hydrogens is 478 g/mol. The van der Waals surface area contributed by atoms with Crippen LogP contribution in [0.4, 0.5) is 16.2 Å². The monoisotopic (exact) mass is 517 g/mol. The Morgan fingerprint density at radius 3 is 2.68 bits per heavy atom. The Labute approximate surface area is 225 Å². The minimum atomic E-state index is -0.103. The van der Waals surface area contributed by atoms with E-state index in [1.807, 2.05) is 26.2 Å². The molecule has 38 heavy (non-hydrogen) atoms. The molecule has 3 aliphatic heterocycles. The minimum absolute atomic E-state index is 0.103. The molecule has 0 aliphatic carbocycles. The van der Waals surface area contributed by atoms with Gasteiger partial charge < -0.3 is 30.5 Å². The Hall–Kier alpha value is -3.59. The van der Waals surface area contributed by atoms with Gasteiger partial charge in [-0.2, -0.15) is 0 Å². The number of fused-ring (bicyclic) bond motifs is 1. The van der Waals surface area contributed by atoms with Gasteiger partial charge in [0.15, 0.2) is 0 Å². The van der Waals surface area contributed by atoms with E-state index in [0.717, 1.165) is 84.9 Å². The van der Waals surface area contributed by atoms with Crippen molar-refractivity contribution in [1.82, 2.24) is 20.5 Å². The normalized spacial score (nSPS) is 18.2. The van der Waals surface area contributed by atoms with E-state index in [2.05, 4.69) is 44.0 Å². The maximum Gasteiger partial charge on any atom is 0.317 e. The molecule has 1 aromatic heterocycles. The zero-order chi connectivity index (χ0) is 26.6. The highest BCUT2D eigenvalue weighted by atomic mass is 16.5. The van der Waals surface area contributed by atoms with E-state index in [4.69, 9.17) is 4.74 Å². The number of aryl methyl sites for hydroxylation is 2. The summed E-state index contributed by atoms with van der Waals surface area (Å²) in [7, 11) is 3.60.